The second kappa shape index (κ2) is 6.94. The fourth-order valence-electron chi connectivity index (χ4n) is 2.73. The minimum atomic E-state index is -0.387. The van der Waals surface area contributed by atoms with Crippen molar-refractivity contribution in [3.05, 3.63) is 59.8 Å². The predicted molar refractivity (Wildman–Crippen MR) is 96.5 cm³/mol. The van der Waals surface area contributed by atoms with Crippen LogP contribution < -0.4 is 0 Å². The first-order chi connectivity index (χ1) is 13.2. The van der Waals surface area contributed by atoms with Gasteiger partial charge in [-0.2, -0.15) is 9.78 Å². The number of methoxy groups -OCH3 is 1. The van der Waals surface area contributed by atoms with E-state index in [0.717, 1.165) is 17.8 Å². The van der Waals surface area contributed by atoms with Gasteiger partial charge >= 0.3 is 5.97 Å². The van der Waals surface area contributed by atoms with Crippen molar-refractivity contribution in [2.75, 3.05) is 7.11 Å². The van der Waals surface area contributed by atoms with E-state index < -0.39 is 0 Å². The summed E-state index contributed by atoms with van der Waals surface area (Å²) in [6.07, 6.45) is 6.03. The Hall–Kier alpha value is -3.62. The van der Waals surface area contributed by atoms with E-state index in [2.05, 4.69) is 25.4 Å². The first-order valence-electron chi connectivity index (χ1n) is 8.45. The molecule has 0 aliphatic rings. The zero-order valence-electron chi connectivity index (χ0n) is 14.9. The van der Waals surface area contributed by atoms with Gasteiger partial charge in [0, 0.05) is 19.2 Å². The third kappa shape index (κ3) is 3.26. The molecule has 1 aromatic carbocycles. The molecule has 27 heavy (non-hydrogen) atoms. The van der Waals surface area contributed by atoms with Gasteiger partial charge in [-0.05, 0) is 36.8 Å². The number of ether oxygens (including phenoxy) is 1. The molecule has 0 aliphatic heterocycles. The molecular formula is C18H17N7O2. The molecule has 0 saturated carbocycles. The summed E-state index contributed by atoms with van der Waals surface area (Å²) < 4.78 is 8.20. The minimum absolute atomic E-state index is 0.387. The number of fused-ring (bicyclic) bond motifs is 1. The lowest BCUT2D eigenvalue weighted by Crippen LogP contribution is -2.04. The first kappa shape index (κ1) is 16.8. The lowest BCUT2D eigenvalue weighted by Gasteiger charge is -2.04. The summed E-state index contributed by atoms with van der Waals surface area (Å²) in [5.74, 6) is 0.273. The standard InChI is InChI=1S/C18H17N7O2/c1-3-24-11-12(9-20-24)8-16-19-10-15-17(21-16)25(23-22-15)14-6-4-13(5-7-14)18(26)27-2/h4-7,9-11H,3,8H2,1-2H3. The summed E-state index contributed by atoms with van der Waals surface area (Å²) in [5.41, 5.74) is 3.45. The summed E-state index contributed by atoms with van der Waals surface area (Å²) in [6, 6.07) is 6.90. The molecule has 0 aliphatic carbocycles. The molecule has 4 aromatic rings. The van der Waals surface area contributed by atoms with Gasteiger partial charge < -0.3 is 4.74 Å². The minimum Gasteiger partial charge on any atom is -0.465 e. The molecule has 9 nitrogen and oxygen atoms in total. The number of hydrogen-bond donors (Lipinski definition) is 0. The maximum atomic E-state index is 11.6. The van der Waals surface area contributed by atoms with E-state index in [1.165, 1.54) is 7.11 Å². The van der Waals surface area contributed by atoms with Gasteiger partial charge in [-0.25, -0.2) is 14.8 Å². The van der Waals surface area contributed by atoms with Crippen molar-refractivity contribution in [1.29, 1.82) is 0 Å². The van der Waals surface area contributed by atoms with Crippen LogP contribution in [0.4, 0.5) is 0 Å². The highest BCUT2D eigenvalue weighted by atomic mass is 16.5. The summed E-state index contributed by atoms with van der Waals surface area (Å²) in [5, 5.41) is 12.5. The van der Waals surface area contributed by atoms with Gasteiger partial charge in [0.1, 0.15) is 5.82 Å². The smallest absolute Gasteiger partial charge is 0.337 e. The SMILES string of the molecule is CCn1cc(Cc2ncc3nnn(-c4ccc(C(=O)OC)cc4)c3n2)cn1. The molecule has 0 spiro atoms. The van der Waals surface area contributed by atoms with E-state index >= 15 is 0 Å². The van der Waals surface area contributed by atoms with Gasteiger partial charge in [-0.3, -0.25) is 4.68 Å². The lowest BCUT2D eigenvalue weighted by molar-refractivity contribution is 0.0600. The van der Waals surface area contributed by atoms with Gasteiger partial charge in [0.05, 0.1) is 30.8 Å². The number of rotatable bonds is 5. The van der Waals surface area contributed by atoms with E-state index in [9.17, 15) is 4.79 Å². The lowest BCUT2D eigenvalue weighted by atomic mass is 10.2. The van der Waals surface area contributed by atoms with E-state index in [1.807, 2.05) is 24.0 Å². The van der Waals surface area contributed by atoms with E-state index in [-0.39, 0.29) is 5.97 Å². The van der Waals surface area contributed by atoms with Crippen molar-refractivity contribution in [3.63, 3.8) is 0 Å². The quantitative estimate of drug-likeness (QED) is 0.498. The van der Waals surface area contributed by atoms with E-state index in [1.54, 1.807) is 35.1 Å². The van der Waals surface area contributed by atoms with Crippen LogP contribution in [0, 0.1) is 0 Å². The van der Waals surface area contributed by atoms with Gasteiger partial charge in [-0.15, -0.1) is 5.10 Å². The Morgan fingerprint density at radius 2 is 2.00 bits per heavy atom. The highest BCUT2D eigenvalue weighted by molar-refractivity contribution is 5.89. The second-order valence-corrected chi connectivity index (χ2v) is 5.92. The Labute approximate surface area is 154 Å². The molecule has 4 rings (SSSR count). The molecule has 3 aromatic heterocycles. The van der Waals surface area contributed by atoms with Crippen molar-refractivity contribution >= 4 is 17.1 Å². The van der Waals surface area contributed by atoms with E-state index in [0.29, 0.717) is 29.0 Å². The van der Waals surface area contributed by atoms with Crippen LogP contribution in [0.25, 0.3) is 16.9 Å². The van der Waals surface area contributed by atoms with Crippen LogP contribution >= 0.6 is 0 Å². The largest absolute Gasteiger partial charge is 0.465 e. The highest BCUT2D eigenvalue weighted by Gasteiger charge is 2.12. The maximum Gasteiger partial charge on any atom is 0.337 e. The Balaban J connectivity index is 1.66. The highest BCUT2D eigenvalue weighted by Crippen LogP contribution is 2.16. The fourth-order valence-corrected chi connectivity index (χ4v) is 2.73. The molecule has 0 radical (unpaired) electrons. The van der Waals surface area contributed by atoms with Crippen molar-refractivity contribution in [2.45, 2.75) is 19.9 Å². The molecule has 0 unspecified atom stereocenters. The second-order valence-electron chi connectivity index (χ2n) is 5.92. The molecule has 0 amide bonds. The van der Waals surface area contributed by atoms with Crippen LogP contribution in [0.1, 0.15) is 28.7 Å². The Morgan fingerprint density at radius 1 is 1.19 bits per heavy atom. The van der Waals surface area contributed by atoms with Crippen molar-refractivity contribution < 1.29 is 9.53 Å². The van der Waals surface area contributed by atoms with Gasteiger partial charge in [0.2, 0.25) is 0 Å². The number of nitrogens with zero attached hydrogens (tertiary/aromatic N) is 7. The summed E-state index contributed by atoms with van der Waals surface area (Å²) >= 11 is 0. The molecule has 0 atom stereocenters. The first-order valence-corrected chi connectivity index (χ1v) is 8.45. The topological polar surface area (TPSA) is 101 Å². The van der Waals surface area contributed by atoms with Crippen LogP contribution in [0.2, 0.25) is 0 Å². The number of carbonyl (C=O) groups excluding carboxylic acids is 1. The molecule has 0 N–H and O–H groups in total. The number of benzene rings is 1. The van der Waals surface area contributed by atoms with Crippen LogP contribution in [0.3, 0.4) is 0 Å². The molecule has 0 saturated heterocycles. The molecular weight excluding hydrogens is 346 g/mol. The average Bonchev–Trinajstić information content (AvgIpc) is 3.34. The van der Waals surface area contributed by atoms with Gasteiger partial charge in [0.15, 0.2) is 11.2 Å². The molecule has 136 valence electrons. The predicted octanol–water partition coefficient (Wildman–Crippen LogP) is 1.80. The van der Waals surface area contributed by atoms with Crippen molar-refractivity contribution in [3.8, 4) is 5.69 Å². The summed E-state index contributed by atoms with van der Waals surface area (Å²) in [7, 11) is 1.35. The zero-order chi connectivity index (χ0) is 18.8. The summed E-state index contributed by atoms with van der Waals surface area (Å²) in [4.78, 5) is 20.6. The summed E-state index contributed by atoms with van der Waals surface area (Å²) in [6.45, 7) is 2.85. The molecule has 3 heterocycles. The fraction of sp³-hybridized carbons (Fsp3) is 0.222. The Kier molecular flexibility index (Phi) is 4.33. The molecule has 9 heteroatoms. The van der Waals surface area contributed by atoms with Crippen molar-refractivity contribution in [1.82, 2.24) is 34.7 Å². The van der Waals surface area contributed by atoms with Crippen LogP contribution in [-0.4, -0.2) is 47.8 Å². The van der Waals surface area contributed by atoms with Gasteiger partial charge in [0.25, 0.3) is 0 Å². The number of hydrogen-bond acceptors (Lipinski definition) is 7. The van der Waals surface area contributed by atoms with Crippen LogP contribution in [-0.2, 0) is 17.7 Å². The zero-order valence-corrected chi connectivity index (χ0v) is 14.9. The van der Waals surface area contributed by atoms with Crippen LogP contribution in [0.15, 0.2) is 42.9 Å². The van der Waals surface area contributed by atoms with Crippen molar-refractivity contribution in [2.24, 2.45) is 0 Å². The third-order valence-corrected chi connectivity index (χ3v) is 4.15. The third-order valence-electron chi connectivity index (χ3n) is 4.15. The number of aromatic nitrogens is 7. The van der Waals surface area contributed by atoms with Crippen LogP contribution in [0.5, 0.6) is 0 Å². The number of aryl methyl sites for hydroxylation is 1. The van der Waals surface area contributed by atoms with Gasteiger partial charge in [-0.1, -0.05) is 5.21 Å². The van der Waals surface area contributed by atoms with E-state index in [4.69, 9.17) is 4.74 Å². The number of esters is 1. The number of carbonyl (C=O) groups is 1. The molecule has 0 fully saturated rings. The Bertz CT molecular complexity index is 1100. The maximum absolute atomic E-state index is 11.6. The normalized spacial score (nSPS) is 11.0. The Morgan fingerprint density at radius 3 is 2.70 bits per heavy atom. The average molecular weight is 363 g/mol. The monoisotopic (exact) mass is 363 g/mol. The molecule has 0 bridgehead atoms.